The minimum absolute atomic E-state index is 0.241. The molecule has 1 heterocycles. The van der Waals surface area contributed by atoms with Crippen molar-refractivity contribution >= 4 is 0 Å². The van der Waals surface area contributed by atoms with Gasteiger partial charge in [0.15, 0.2) is 0 Å². The molecular formula is C13H27NO6. The van der Waals surface area contributed by atoms with Crippen LogP contribution in [0.25, 0.3) is 0 Å². The fraction of sp³-hybridized carbons (Fsp3) is 1.00. The van der Waals surface area contributed by atoms with Gasteiger partial charge in [0, 0.05) is 13.2 Å². The molecule has 0 amide bonds. The molecule has 4 atom stereocenters. The Kier molecular flexibility index (Phi) is 7.90. The highest BCUT2D eigenvalue weighted by Crippen LogP contribution is 2.28. The Balaban J connectivity index is 2.11. The molecule has 6 N–H and O–H groups in total. The van der Waals surface area contributed by atoms with Gasteiger partial charge >= 0.3 is 0 Å². The first-order valence-corrected chi connectivity index (χ1v) is 7.24. The highest BCUT2D eigenvalue weighted by Gasteiger charge is 2.52. The van der Waals surface area contributed by atoms with Gasteiger partial charge in [-0.1, -0.05) is 19.3 Å². The Morgan fingerprint density at radius 2 is 1.65 bits per heavy atom. The van der Waals surface area contributed by atoms with Gasteiger partial charge in [-0.15, -0.1) is 0 Å². The van der Waals surface area contributed by atoms with E-state index >= 15 is 0 Å². The Morgan fingerprint density at radius 1 is 1.00 bits per heavy atom. The molecule has 20 heavy (non-hydrogen) atoms. The molecule has 120 valence electrons. The zero-order valence-corrected chi connectivity index (χ0v) is 11.7. The molecule has 0 aliphatic carbocycles. The van der Waals surface area contributed by atoms with E-state index in [9.17, 15) is 15.3 Å². The van der Waals surface area contributed by atoms with Crippen LogP contribution in [-0.4, -0.2) is 75.9 Å². The zero-order valence-electron chi connectivity index (χ0n) is 11.7. The summed E-state index contributed by atoms with van der Waals surface area (Å²) in [6.45, 7) is 0.536. The maximum Gasteiger partial charge on any atom is 0.219 e. The van der Waals surface area contributed by atoms with Crippen molar-refractivity contribution in [2.24, 2.45) is 0 Å². The highest BCUT2D eigenvalue weighted by molar-refractivity contribution is 4.95. The summed E-state index contributed by atoms with van der Waals surface area (Å²) in [6, 6.07) is 0. The predicted molar refractivity (Wildman–Crippen MR) is 72.0 cm³/mol. The summed E-state index contributed by atoms with van der Waals surface area (Å²) in [5.41, 5.74) is 0. The van der Waals surface area contributed by atoms with Gasteiger partial charge in [-0.25, -0.2) is 0 Å². The van der Waals surface area contributed by atoms with Gasteiger partial charge in [-0.05, 0) is 19.4 Å². The summed E-state index contributed by atoms with van der Waals surface area (Å²) < 4.78 is 5.10. The lowest BCUT2D eigenvalue weighted by Crippen LogP contribution is -2.46. The first-order chi connectivity index (χ1) is 9.55. The van der Waals surface area contributed by atoms with Gasteiger partial charge in [0.1, 0.15) is 18.3 Å². The molecule has 1 saturated heterocycles. The highest BCUT2D eigenvalue weighted by atomic mass is 16.7. The van der Waals surface area contributed by atoms with E-state index in [1.165, 1.54) is 0 Å². The third-order valence-electron chi connectivity index (χ3n) is 3.61. The Labute approximate surface area is 119 Å². The normalized spacial score (nSPS) is 33.8. The summed E-state index contributed by atoms with van der Waals surface area (Å²) in [7, 11) is 0. The monoisotopic (exact) mass is 293 g/mol. The van der Waals surface area contributed by atoms with Gasteiger partial charge in [0.2, 0.25) is 5.79 Å². The van der Waals surface area contributed by atoms with Gasteiger partial charge < -0.3 is 35.6 Å². The smallest absolute Gasteiger partial charge is 0.219 e. The summed E-state index contributed by atoms with van der Waals surface area (Å²) in [6.07, 6.45) is 1.52. The molecule has 7 heteroatoms. The van der Waals surface area contributed by atoms with E-state index in [1.54, 1.807) is 0 Å². The van der Waals surface area contributed by atoms with E-state index < -0.39 is 30.7 Å². The number of hydrogen-bond acceptors (Lipinski definition) is 7. The third kappa shape index (κ3) is 4.92. The first kappa shape index (κ1) is 17.8. The molecule has 1 rings (SSSR count). The van der Waals surface area contributed by atoms with Crippen LogP contribution in [0.3, 0.4) is 0 Å². The van der Waals surface area contributed by atoms with Gasteiger partial charge in [0.05, 0.1) is 6.61 Å². The van der Waals surface area contributed by atoms with Gasteiger partial charge in [-0.2, -0.15) is 0 Å². The van der Waals surface area contributed by atoms with E-state index in [4.69, 9.17) is 14.9 Å². The van der Waals surface area contributed by atoms with Crippen molar-refractivity contribution in [1.29, 1.82) is 0 Å². The fourth-order valence-corrected chi connectivity index (χ4v) is 2.30. The second-order valence-electron chi connectivity index (χ2n) is 5.29. The second kappa shape index (κ2) is 8.89. The van der Waals surface area contributed by atoms with Crippen molar-refractivity contribution in [2.45, 2.75) is 56.2 Å². The molecule has 1 fully saturated rings. The largest absolute Gasteiger partial charge is 0.396 e. The lowest BCUT2D eigenvalue weighted by Gasteiger charge is -2.22. The molecule has 0 spiro atoms. The van der Waals surface area contributed by atoms with Crippen LogP contribution in [0.1, 0.15) is 32.1 Å². The van der Waals surface area contributed by atoms with Crippen LogP contribution in [0.4, 0.5) is 0 Å². The van der Waals surface area contributed by atoms with E-state index in [0.29, 0.717) is 6.54 Å². The summed E-state index contributed by atoms with van der Waals surface area (Å²) in [5.74, 6) is -2.07. The molecule has 0 bridgehead atoms. The second-order valence-corrected chi connectivity index (χ2v) is 5.29. The molecule has 0 unspecified atom stereocenters. The maximum atomic E-state index is 9.71. The standard InChI is InChI=1S/C13H27NO6/c15-7-5-3-1-2-4-6-14-8-10-11(17)12(18)13(19,9-16)20-10/h10-12,14-19H,1-9H2/t10-,11+,12-,13+/m1/s1. The van der Waals surface area contributed by atoms with E-state index in [2.05, 4.69) is 5.32 Å². The van der Waals surface area contributed by atoms with Gasteiger partial charge in [0.25, 0.3) is 0 Å². The number of hydrogen-bond donors (Lipinski definition) is 6. The van der Waals surface area contributed by atoms with Crippen molar-refractivity contribution in [1.82, 2.24) is 5.32 Å². The Morgan fingerprint density at radius 3 is 2.25 bits per heavy atom. The molecule has 0 aromatic heterocycles. The lowest BCUT2D eigenvalue weighted by molar-refractivity contribution is -0.245. The molecule has 7 nitrogen and oxygen atoms in total. The van der Waals surface area contributed by atoms with Gasteiger partial charge in [-0.3, -0.25) is 0 Å². The minimum atomic E-state index is -2.07. The van der Waals surface area contributed by atoms with Crippen LogP contribution in [0.2, 0.25) is 0 Å². The van der Waals surface area contributed by atoms with Crippen LogP contribution < -0.4 is 5.32 Å². The third-order valence-corrected chi connectivity index (χ3v) is 3.61. The van der Waals surface area contributed by atoms with Crippen molar-refractivity contribution in [3.63, 3.8) is 0 Å². The van der Waals surface area contributed by atoms with E-state index in [0.717, 1.165) is 38.6 Å². The SMILES string of the molecule is OCCCCCCCNC[C@H]1O[C@@](O)(CO)[C@H](O)[C@H]1O. The predicted octanol–water partition coefficient (Wildman–Crippen LogP) is -1.68. The van der Waals surface area contributed by atoms with E-state index in [-0.39, 0.29) is 6.61 Å². The molecule has 1 aliphatic rings. The number of aliphatic hydroxyl groups excluding tert-OH is 4. The minimum Gasteiger partial charge on any atom is -0.396 e. The number of rotatable bonds is 10. The quantitative estimate of drug-likeness (QED) is 0.266. The lowest BCUT2D eigenvalue weighted by atomic mass is 10.1. The van der Waals surface area contributed by atoms with Crippen molar-refractivity contribution in [2.75, 3.05) is 26.3 Å². The Bertz CT molecular complexity index is 267. The van der Waals surface area contributed by atoms with Crippen LogP contribution in [-0.2, 0) is 4.74 Å². The van der Waals surface area contributed by atoms with Crippen LogP contribution >= 0.6 is 0 Å². The van der Waals surface area contributed by atoms with Crippen molar-refractivity contribution in [3.05, 3.63) is 0 Å². The number of nitrogens with one attached hydrogen (secondary N) is 1. The molecule has 1 aliphatic heterocycles. The number of ether oxygens (including phenoxy) is 1. The summed E-state index contributed by atoms with van der Waals surface area (Å²) in [5, 5.41) is 49.7. The Hall–Kier alpha value is -0.280. The average molecular weight is 293 g/mol. The first-order valence-electron chi connectivity index (χ1n) is 7.24. The van der Waals surface area contributed by atoms with Crippen LogP contribution in [0.15, 0.2) is 0 Å². The van der Waals surface area contributed by atoms with Crippen LogP contribution in [0, 0.1) is 0 Å². The summed E-state index contributed by atoms with van der Waals surface area (Å²) >= 11 is 0. The molecule has 0 aromatic rings. The van der Waals surface area contributed by atoms with Crippen molar-refractivity contribution in [3.8, 4) is 0 Å². The average Bonchev–Trinajstić information content (AvgIpc) is 2.67. The number of unbranched alkanes of at least 4 members (excludes halogenated alkanes) is 4. The number of aliphatic hydroxyl groups is 5. The molecular weight excluding hydrogens is 266 g/mol. The van der Waals surface area contributed by atoms with Crippen LogP contribution in [0.5, 0.6) is 0 Å². The molecule has 0 saturated carbocycles. The maximum absolute atomic E-state index is 9.71. The topological polar surface area (TPSA) is 122 Å². The summed E-state index contributed by atoms with van der Waals surface area (Å²) in [4.78, 5) is 0. The fourth-order valence-electron chi connectivity index (χ4n) is 2.30. The molecule has 0 radical (unpaired) electrons. The van der Waals surface area contributed by atoms with E-state index in [1.807, 2.05) is 0 Å². The molecule has 0 aromatic carbocycles. The zero-order chi connectivity index (χ0) is 15.0. The van der Waals surface area contributed by atoms with Crippen molar-refractivity contribution < 1.29 is 30.3 Å².